The second kappa shape index (κ2) is 8.36. The third-order valence-electron chi connectivity index (χ3n) is 4.27. The second-order valence-electron chi connectivity index (χ2n) is 6.59. The van der Waals surface area contributed by atoms with Crippen LogP contribution in [0.2, 0.25) is 0 Å². The second-order valence-corrected chi connectivity index (χ2v) is 8.49. The molecule has 0 radical (unpaired) electrons. The van der Waals surface area contributed by atoms with Crippen LogP contribution in [0.1, 0.15) is 31.7 Å². The van der Waals surface area contributed by atoms with Crippen LogP contribution in [0.5, 0.6) is 0 Å². The molecule has 0 aliphatic carbocycles. The number of benzene rings is 2. The van der Waals surface area contributed by atoms with E-state index in [0.717, 1.165) is 11.3 Å². The van der Waals surface area contributed by atoms with Crippen LogP contribution in [0.3, 0.4) is 0 Å². The maximum absolute atomic E-state index is 12.5. The molecule has 5 nitrogen and oxygen atoms in total. The van der Waals surface area contributed by atoms with Crippen LogP contribution in [0, 0.1) is 0 Å². The zero-order valence-corrected chi connectivity index (χ0v) is 16.5. The number of anilines is 2. The number of nitrogens with zero attached hydrogens (tertiary/aromatic N) is 2. The molecule has 0 fully saturated rings. The Labute approximate surface area is 156 Å². The number of amides is 1. The maximum Gasteiger partial charge on any atom is 0.232 e. The van der Waals surface area contributed by atoms with Crippen LogP contribution < -0.4 is 9.21 Å². The van der Waals surface area contributed by atoms with E-state index in [2.05, 4.69) is 0 Å². The molecule has 0 aromatic heterocycles. The van der Waals surface area contributed by atoms with Gasteiger partial charge in [0.15, 0.2) is 0 Å². The zero-order valence-electron chi connectivity index (χ0n) is 15.7. The summed E-state index contributed by atoms with van der Waals surface area (Å²) in [6.07, 6.45) is 1.28. The molecule has 140 valence electrons. The van der Waals surface area contributed by atoms with Gasteiger partial charge in [-0.25, -0.2) is 8.42 Å². The van der Waals surface area contributed by atoms with Crippen LogP contribution in [-0.2, 0) is 14.8 Å². The fraction of sp³-hybridized carbons (Fsp3) is 0.350. The van der Waals surface area contributed by atoms with Gasteiger partial charge in [-0.3, -0.25) is 9.10 Å². The summed E-state index contributed by atoms with van der Waals surface area (Å²) in [5, 5.41) is 0. The quantitative estimate of drug-likeness (QED) is 0.744. The molecule has 0 spiro atoms. The average Bonchev–Trinajstić information content (AvgIpc) is 2.61. The smallest absolute Gasteiger partial charge is 0.232 e. The fourth-order valence-electron chi connectivity index (χ4n) is 2.83. The summed E-state index contributed by atoms with van der Waals surface area (Å²) in [6, 6.07) is 16.7. The summed E-state index contributed by atoms with van der Waals surface area (Å²) < 4.78 is 26.1. The molecule has 6 heteroatoms. The molecule has 0 heterocycles. The molecule has 2 rings (SSSR count). The van der Waals surface area contributed by atoms with E-state index >= 15 is 0 Å². The van der Waals surface area contributed by atoms with Gasteiger partial charge >= 0.3 is 0 Å². The van der Waals surface area contributed by atoms with E-state index in [4.69, 9.17) is 0 Å². The molecular formula is C20H26N2O3S. The number of sulfonamides is 1. The number of hydrogen-bond acceptors (Lipinski definition) is 3. The Hall–Kier alpha value is -2.34. The molecule has 0 aliphatic rings. The molecule has 0 atom stereocenters. The molecular weight excluding hydrogens is 348 g/mol. The first kappa shape index (κ1) is 20.0. The summed E-state index contributed by atoms with van der Waals surface area (Å²) >= 11 is 0. The normalized spacial score (nSPS) is 11.4. The molecule has 0 saturated heterocycles. The zero-order chi connectivity index (χ0) is 19.3. The summed E-state index contributed by atoms with van der Waals surface area (Å²) in [7, 11) is -1.80. The van der Waals surface area contributed by atoms with E-state index in [1.807, 2.05) is 62.4 Å². The van der Waals surface area contributed by atoms with Gasteiger partial charge in [-0.2, -0.15) is 0 Å². The van der Waals surface area contributed by atoms with Crippen molar-refractivity contribution in [2.45, 2.75) is 26.2 Å². The third-order valence-corrected chi connectivity index (χ3v) is 5.45. The van der Waals surface area contributed by atoms with Crippen LogP contribution in [0.15, 0.2) is 54.6 Å². The van der Waals surface area contributed by atoms with E-state index in [1.54, 1.807) is 18.0 Å². The van der Waals surface area contributed by atoms with Crippen LogP contribution in [0.4, 0.5) is 11.4 Å². The molecule has 0 N–H and O–H groups in total. The van der Waals surface area contributed by atoms with E-state index in [9.17, 15) is 13.2 Å². The van der Waals surface area contributed by atoms with Crippen molar-refractivity contribution in [3.05, 3.63) is 60.2 Å². The van der Waals surface area contributed by atoms with E-state index in [1.165, 1.54) is 10.6 Å². The molecule has 2 aromatic carbocycles. The summed E-state index contributed by atoms with van der Waals surface area (Å²) in [5.74, 6) is 0.0463. The largest absolute Gasteiger partial charge is 0.315 e. The predicted octanol–water partition coefficient (Wildman–Crippen LogP) is 3.63. The Morgan fingerprint density at radius 3 is 2.15 bits per heavy atom. The number of para-hydroxylation sites is 2. The Morgan fingerprint density at radius 1 is 1.00 bits per heavy atom. The Morgan fingerprint density at radius 2 is 1.58 bits per heavy atom. The molecule has 2 aromatic rings. The topological polar surface area (TPSA) is 57.7 Å². The van der Waals surface area contributed by atoms with Gasteiger partial charge in [0, 0.05) is 25.7 Å². The van der Waals surface area contributed by atoms with Gasteiger partial charge in [0.25, 0.3) is 0 Å². The number of carbonyl (C=O) groups excluding carboxylic acids is 1. The number of rotatable bonds is 7. The molecule has 0 saturated carbocycles. The van der Waals surface area contributed by atoms with Gasteiger partial charge < -0.3 is 4.90 Å². The van der Waals surface area contributed by atoms with Crippen molar-refractivity contribution in [2.75, 3.05) is 29.1 Å². The lowest BCUT2D eigenvalue weighted by molar-refractivity contribution is -0.118. The molecule has 26 heavy (non-hydrogen) atoms. The lowest BCUT2D eigenvalue weighted by Gasteiger charge is -2.27. The van der Waals surface area contributed by atoms with Crippen molar-refractivity contribution in [3.63, 3.8) is 0 Å². The van der Waals surface area contributed by atoms with Crippen LogP contribution in [-0.4, -0.2) is 34.2 Å². The molecule has 0 unspecified atom stereocenters. The third kappa shape index (κ3) is 4.85. The van der Waals surface area contributed by atoms with Crippen LogP contribution in [0.25, 0.3) is 0 Å². The maximum atomic E-state index is 12.5. The minimum absolute atomic E-state index is 0.102. The molecule has 0 aliphatic heterocycles. The number of hydrogen-bond donors (Lipinski definition) is 0. The van der Waals surface area contributed by atoms with Gasteiger partial charge in [0.2, 0.25) is 15.9 Å². The van der Waals surface area contributed by atoms with E-state index < -0.39 is 10.0 Å². The first-order chi connectivity index (χ1) is 12.2. The van der Waals surface area contributed by atoms with Crippen molar-refractivity contribution >= 4 is 27.3 Å². The highest BCUT2D eigenvalue weighted by atomic mass is 32.2. The highest BCUT2D eigenvalue weighted by Crippen LogP contribution is 2.29. The minimum atomic E-state index is -3.50. The minimum Gasteiger partial charge on any atom is -0.315 e. The monoisotopic (exact) mass is 374 g/mol. The van der Waals surface area contributed by atoms with Gasteiger partial charge in [-0.15, -0.1) is 0 Å². The van der Waals surface area contributed by atoms with Crippen LogP contribution >= 0.6 is 0 Å². The first-order valence-corrected chi connectivity index (χ1v) is 10.4. The SMILES string of the molecule is CC(C)c1ccccc1N(CCC(=O)N(C)c1ccccc1)S(C)(=O)=O. The standard InChI is InChI=1S/C20H26N2O3S/c1-16(2)18-12-8-9-13-19(18)22(26(4,24)25)15-14-20(23)21(3)17-10-6-5-7-11-17/h5-13,16H,14-15H2,1-4H3. The first-order valence-electron chi connectivity index (χ1n) is 8.60. The summed E-state index contributed by atoms with van der Waals surface area (Å²) in [6.45, 7) is 4.15. The predicted molar refractivity (Wildman–Crippen MR) is 107 cm³/mol. The fourth-order valence-corrected chi connectivity index (χ4v) is 3.77. The van der Waals surface area contributed by atoms with Crippen molar-refractivity contribution < 1.29 is 13.2 Å². The van der Waals surface area contributed by atoms with Crippen molar-refractivity contribution in [1.82, 2.24) is 0 Å². The Kier molecular flexibility index (Phi) is 6.42. The lowest BCUT2D eigenvalue weighted by atomic mass is 10.0. The average molecular weight is 375 g/mol. The summed E-state index contributed by atoms with van der Waals surface area (Å²) in [4.78, 5) is 14.1. The highest BCUT2D eigenvalue weighted by Gasteiger charge is 2.23. The van der Waals surface area contributed by atoms with Gasteiger partial charge in [-0.05, 0) is 29.7 Å². The molecule has 1 amide bonds. The van der Waals surface area contributed by atoms with E-state index in [-0.39, 0.29) is 24.8 Å². The van der Waals surface area contributed by atoms with Crippen molar-refractivity contribution in [1.29, 1.82) is 0 Å². The Bertz CT molecular complexity index is 848. The highest BCUT2D eigenvalue weighted by molar-refractivity contribution is 7.92. The van der Waals surface area contributed by atoms with Gasteiger partial charge in [0.1, 0.15) is 0 Å². The molecule has 0 bridgehead atoms. The van der Waals surface area contributed by atoms with Gasteiger partial charge in [0.05, 0.1) is 11.9 Å². The van der Waals surface area contributed by atoms with Crippen molar-refractivity contribution in [3.8, 4) is 0 Å². The Balaban J connectivity index is 2.22. The number of carbonyl (C=O) groups is 1. The summed E-state index contributed by atoms with van der Waals surface area (Å²) in [5.41, 5.74) is 2.37. The van der Waals surface area contributed by atoms with Crippen molar-refractivity contribution in [2.24, 2.45) is 0 Å². The van der Waals surface area contributed by atoms with E-state index in [0.29, 0.717) is 5.69 Å². The lowest BCUT2D eigenvalue weighted by Crippen LogP contribution is -2.36. The van der Waals surface area contributed by atoms with Gasteiger partial charge in [-0.1, -0.05) is 50.2 Å².